The van der Waals surface area contributed by atoms with Crippen molar-refractivity contribution in [2.45, 2.75) is 45.3 Å². The minimum absolute atomic E-state index is 0.0104. The van der Waals surface area contributed by atoms with Gasteiger partial charge in [0.15, 0.2) is 5.78 Å². The lowest BCUT2D eigenvalue weighted by molar-refractivity contribution is -0.120. The van der Waals surface area contributed by atoms with Crippen molar-refractivity contribution in [1.82, 2.24) is 5.32 Å². The molecule has 0 saturated heterocycles. The van der Waals surface area contributed by atoms with Gasteiger partial charge >= 0.3 is 6.09 Å². The quantitative estimate of drug-likeness (QED) is 0.613. The topological polar surface area (TPSA) is 55.4 Å². The highest BCUT2D eigenvalue weighted by atomic mass is 16.5. The van der Waals surface area contributed by atoms with Gasteiger partial charge in [0, 0.05) is 6.42 Å². The molecule has 2 aromatic rings. The summed E-state index contributed by atoms with van der Waals surface area (Å²) in [7, 11) is 0. The molecule has 2 rings (SSSR count). The highest BCUT2D eigenvalue weighted by molar-refractivity contribution is 5.87. The molecule has 1 N–H and O–H groups in total. The average Bonchev–Trinajstić information content (AvgIpc) is 2.70. The number of allylic oxidation sites excluding steroid dienone is 2. The van der Waals surface area contributed by atoms with E-state index in [0.717, 1.165) is 17.5 Å². The summed E-state index contributed by atoms with van der Waals surface area (Å²) in [6.45, 7) is 2.24. The Balaban J connectivity index is 1.94. The van der Waals surface area contributed by atoms with E-state index in [9.17, 15) is 9.59 Å². The van der Waals surface area contributed by atoms with Gasteiger partial charge in [-0.25, -0.2) is 4.79 Å². The molecule has 0 heterocycles. The number of amides is 1. The van der Waals surface area contributed by atoms with Crippen molar-refractivity contribution in [3.05, 3.63) is 83.9 Å². The van der Waals surface area contributed by atoms with Crippen LogP contribution in [0.2, 0.25) is 0 Å². The van der Waals surface area contributed by atoms with Crippen LogP contribution < -0.4 is 5.32 Å². The maximum Gasteiger partial charge on any atom is 0.408 e. The predicted molar refractivity (Wildman–Crippen MR) is 107 cm³/mol. The molecule has 0 aliphatic rings. The molecule has 27 heavy (non-hydrogen) atoms. The number of ether oxygens (including phenoxy) is 1. The van der Waals surface area contributed by atoms with Crippen LogP contribution in [0.15, 0.2) is 72.8 Å². The fraction of sp³-hybridized carbons (Fsp3) is 0.304. The van der Waals surface area contributed by atoms with E-state index in [4.69, 9.17) is 4.74 Å². The number of carbonyl (C=O) groups excluding carboxylic acids is 2. The molecule has 1 atom stereocenters. The largest absolute Gasteiger partial charge is 0.445 e. The molecule has 0 aliphatic carbocycles. The van der Waals surface area contributed by atoms with E-state index in [-0.39, 0.29) is 12.4 Å². The predicted octanol–water partition coefficient (Wildman–Crippen LogP) is 4.84. The first-order valence-electron chi connectivity index (χ1n) is 9.38. The van der Waals surface area contributed by atoms with Crippen LogP contribution in [0.4, 0.5) is 4.79 Å². The Bertz CT molecular complexity index is 726. The third-order valence-corrected chi connectivity index (χ3v) is 4.14. The van der Waals surface area contributed by atoms with Crippen LogP contribution in [0.5, 0.6) is 0 Å². The van der Waals surface area contributed by atoms with Crippen molar-refractivity contribution < 1.29 is 14.3 Å². The lowest BCUT2D eigenvalue weighted by Gasteiger charge is -2.17. The monoisotopic (exact) mass is 365 g/mol. The molecule has 0 aliphatic heterocycles. The van der Waals surface area contributed by atoms with Crippen molar-refractivity contribution >= 4 is 11.9 Å². The highest BCUT2D eigenvalue weighted by Gasteiger charge is 2.21. The molecule has 2 aromatic carbocycles. The Hall–Kier alpha value is -2.88. The van der Waals surface area contributed by atoms with Crippen LogP contribution in [-0.2, 0) is 22.6 Å². The Labute approximate surface area is 161 Å². The van der Waals surface area contributed by atoms with Crippen LogP contribution in [0.1, 0.15) is 37.3 Å². The number of nitrogens with one attached hydrogen (secondary N) is 1. The van der Waals surface area contributed by atoms with E-state index in [2.05, 4.69) is 12.2 Å². The summed E-state index contributed by atoms with van der Waals surface area (Å²) in [6.07, 6.45) is 5.96. The van der Waals surface area contributed by atoms with Gasteiger partial charge in [0.25, 0.3) is 0 Å². The summed E-state index contributed by atoms with van der Waals surface area (Å²) in [5, 5.41) is 2.74. The Morgan fingerprint density at radius 2 is 1.59 bits per heavy atom. The molecule has 0 aromatic heterocycles. The van der Waals surface area contributed by atoms with Crippen LogP contribution in [0.25, 0.3) is 0 Å². The lowest BCUT2D eigenvalue weighted by atomic mass is 9.99. The summed E-state index contributed by atoms with van der Waals surface area (Å²) in [5.41, 5.74) is 1.91. The van der Waals surface area contributed by atoms with Crippen LogP contribution in [-0.4, -0.2) is 17.9 Å². The fourth-order valence-corrected chi connectivity index (χ4v) is 2.69. The van der Waals surface area contributed by atoms with Gasteiger partial charge in [-0.3, -0.25) is 4.79 Å². The highest BCUT2D eigenvalue weighted by Crippen LogP contribution is 2.08. The molecular formula is C23H27NO3. The molecule has 0 bridgehead atoms. The first kappa shape index (κ1) is 20.4. The molecule has 4 nitrogen and oxygen atoms in total. The lowest BCUT2D eigenvalue weighted by Crippen LogP contribution is -2.42. The number of rotatable bonds is 10. The average molecular weight is 365 g/mol. The summed E-state index contributed by atoms with van der Waals surface area (Å²) in [6, 6.07) is 18.6. The molecule has 1 amide bonds. The number of ketones is 1. The zero-order valence-electron chi connectivity index (χ0n) is 15.8. The number of benzene rings is 2. The number of alkyl carbamates (subject to hydrolysis) is 1. The zero-order chi connectivity index (χ0) is 19.3. The molecule has 0 saturated carbocycles. The summed E-state index contributed by atoms with van der Waals surface area (Å²) in [5.74, 6) is 0.0104. The van der Waals surface area contributed by atoms with Crippen LogP contribution >= 0.6 is 0 Å². The van der Waals surface area contributed by atoms with E-state index in [0.29, 0.717) is 19.3 Å². The number of hydrogen-bond donors (Lipinski definition) is 1. The fourth-order valence-electron chi connectivity index (χ4n) is 2.69. The summed E-state index contributed by atoms with van der Waals surface area (Å²) >= 11 is 0. The molecule has 142 valence electrons. The van der Waals surface area contributed by atoms with Crippen molar-refractivity contribution in [2.75, 3.05) is 0 Å². The maximum absolute atomic E-state index is 12.6. The second-order valence-electron chi connectivity index (χ2n) is 6.33. The zero-order valence-corrected chi connectivity index (χ0v) is 15.8. The Morgan fingerprint density at radius 3 is 2.22 bits per heavy atom. The van der Waals surface area contributed by atoms with Gasteiger partial charge < -0.3 is 10.1 Å². The van der Waals surface area contributed by atoms with Gasteiger partial charge in [-0.15, -0.1) is 0 Å². The smallest absolute Gasteiger partial charge is 0.408 e. The van der Waals surface area contributed by atoms with Crippen molar-refractivity contribution in [3.63, 3.8) is 0 Å². The summed E-state index contributed by atoms with van der Waals surface area (Å²) < 4.78 is 5.27. The molecule has 0 fully saturated rings. The number of hydrogen-bond acceptors (Lipinski definition) is 3. The van der Waals surface area contributed by atoms with Gasteiger partial charge in [0.1, 0.15) is 6.61 Å². The van der Waals surface area contributed by atoms with E-state index in [1.54, 1.807) is 0 Å². The van der Waals surface area contributed by atoms with E-state index in [1.807, 2.05) is 72.8 Å². The summed E-state index contributed by atoms with van der Waals surface area (Å²) in [4.78, 5) is 24.8. The van der Waals surface area contributed by atoms with Crippen molar-refractivity contribution in [2.24, 2.45) is 0 Å². The van der Waals surface area contributed by atoms with Crippen LogP contribution in [0.3, 0.4) is 0 Å². The van der Waals surface area contributed by atoms with E-state index >= 15 is 0 Å². The maximum atomic E-state index is 12.6. The van der Waals surface area contributed by atoms with Gasteiger partial charge in [-0.2, -0.15) is 0 Å². The van der Waals surface area contributed by atoms with E-state index in [1.165, 1.54) is 0 Å². The normalized spacial score (nSPS) is 11.9. The van der Waals surface area contributed by atoms with Gasteiger partial charge in [0.2, 0.25) is 0 Å². The third kappa shape index (κ3) is 7.90. The van der Waals surface area contributed by atoms with Gasteiger partial charge in [-0.05, 0) is 30.4 Å². The van der Waals surface area contributed by atoms with Gasteiger partial charge in [-0.1, -0.05) is 79.7 Å². The molecule has 0 radical (unpaired) electrons. The van der Waals surface area contributed by atoms with Crippen molar-refractivity contribution in [1.29, 1.82) is 0 Å². The number of carbonyl (C=O) groups is 2. The van der Waals surface area contributed by atoms with Crippen LogP contribution in [0, 0.1) is 0 Å². The Kier molecular flexibility index (Phi) is 8.84. The standard InChI is InChI=1S/C23H27NO3/c1-2-3-4-11-16-22(25)21(17-19-12-7-5-8-13-19)24-23(26)27-18-20-14-9-6-10-15-20/h3-10,12-15,21H,2,11,16-18H2,1H3,(H,24,26)/b4-3-/t21-/m0/s1. The second kappa shape index (κ2) is 11.7. The van der Waals surface area contributed by atoms with E-state index < -0.39 is 12.1 Å². The minimum Gasteiger partial charge on any atom is -0.445 e. The first-order valence-corrected chi connectivity index (χ1v) is 9.38. The van der Waals surface area contributed by atoms with Crippen molar-refractivity contribution in [3.8, 4) is 0 Å². The first-order chi connectivity index (χ1) is 13.2. The SMILES string of the molecule is CC/C=C\CCC(=O)[C@H](Cc1ccccc1)NC(=O)OCc1ccccc1. The number of Topliss-reactive ketones (excluding diaryl/α,β-unsaturated/α-hetero) is 1. The third-order valence-electron chi connectivity index (χ3n) is 4.14. The van der Waals surface area contributed by atoms with Gasteiger partial charge in [0.05, 0.1) is 6.04 Å². The molecular weight excluding hydrogens is 338 g/mol. The minimum atomic E-state index is -0.592. The molecule has 0 spiro atoms. The molecule has 4 heteroatoms. The Morgan fingerprint density at radius 1 is 0.963 bits per heavy atom. The second-order valence-corrected chi connectivity index (χ2v) is 6.33. The molecule has 0 unspecified atom stereocenters.